The van der Waals surface area contributed by atoms with E-state index in [4.69, 9.17) is 15.2 Å². The van der Waals surface area contributed by atoms with Gasteiger partial charge in [0.15, 0.2) is 0 Å². The average molecular weight is 228 g/mol. The van der Waals surface area contributed by atoms with Gasteiger partial charge in [0.05, 0.1) is 25.4 Å². The lowest BCUT2D eigenvalue weighted by atomic mass is 9.85. The van der Waals surface area contributed by atoms with Gasteiger partial charge < -0.3 is 15.2 Å². The summed E-state index contributed by atoms with van der Waals surface area (Å²) in [4.78, 5) is 2.52. The molecule has 0 bridgehead atoms. The molecule has 0 aromatic heterocycles. The number of ether oxygens (including phenoxy) is 2. The largest absolute Gasteiger partial charge is 0.379 e. The van der Waals surface area contributed by atoms with Crippen molar-refractivity contribution in [3.63, 3.8) is 0 Å². The maximum absolute atomic E-state index is 6.03. The lowest BCUT2D eigenvalue weighted by molar-refractivity contribution is -0.140. The molecule has 0 radical (unpaired) electrons. The first-order valence-corrected chi connectivity index (χ1v) is 6.24. The molecule has 4 nitrogen and oxygen atoms in total. The van der Waals surface area contributed by atoms with Gasteiger partial charge in [0.2, 0.25) is 0 Å². The van der Waals surface area contributed by atoms with Crippen molar-refractivity contribution in [3.05, 3.63) is 0 Å². The van der Waals surface area contributed by atoms with Crippen LogP contribution in [0.2, 0.25) is 0 Å². The second-order valence-corrected chi connectivity index (χ2v) is 5.60. The fourth-order valence-corrected chi connectivity index (χ4v) is 3.06. The summed E-state index contributed by atoms with van der Waals surface area (Å²) in [6.45, 7) is 9.36. The maximum Gasteiger partial charge on any atom is 0.0663 e. The van der Waals surface area contributed by atoms with E-state index in [0.29, 0.717) is 6.54 Å². The van der Waals surface area contributed by atoms with Crippen molar-refractivity contribution < 1.29 is 9.47 Å². The van der Waals surface area contributed by atoms with Crippen molar-refractivity contribution in [1.82, 2.24) is 4.90 Å². The second-order valence-electron chi connectivity index (χ2n) is 5.60. The van der Waals surface area contributed by atoms with Crippen LogP contribution in [0.1, 0.15) is 26.7 Å². The average Bonchev–Trinajstić information content (AvgIpc) is 2.29. The molecule has 0 aromatic rings. The molecule has 1 atom stereocenters. The van der Waals surface area contributed by atoms with E-state index in [0.717, 1.165) is 45.8 Å². The van der Waals surface area contributed by atoms with Gasteiger partial charge in [-0.1, -0.05) is 0 Å². The summed E-state index contributed by atoms with van der Waals surface area (Å²) in [5.41, 5.74) is 6.13. The molecular weight excluding hydrogens is 204 g/mol. The highest BCUT2D eigenvalue weighted by molar-refractivity contribution is 5.01. The van der Waals surface area contributed by atoms with Crippen molar-refractivity contribution >= 4 is 0 Å². The van der Waals surface area contributed by atoms with E-state index in [-0.39, 0.29) is 11.1 Å². The van der Waals surface area contributed by atoms with Crippen molar-refractivity contribution in [2.45, 2.75) is 37.8 Å². The molecule has 2 aliphatic rings. The highest BCUT2D eigenvalue weighted by Crippen LogP contribution is 2.33. The van der Waals surface area contributed by atoms with Crippen molar-refractivity contribution in [3.8, 4) is 0 Å². The van der Waals surface area contributed by atoms with Gasteiger partial charge in [-0.2, -0.15) is 0 Å². The van der Waals surface area contributed by atoms with Gasteiger partial charge in [0.1, 0.15) is 0 Å². The van der Waals surface area contributed by atoms with Gasteiger partial charge in [-0.15, -0.1) is 0 Å². The molecular formula is C12H24N2O2. The van der Waals surface area contributed by atoms with Gasteiger partial charge in [0, 0.05) is 25.2 Å². The number of hydrogen-bond donors (Lipinski definition) is 1. The number of morpholine rings is 1. The Morgan fingerprint density at radius 1 is 1.19 bits per heavy atom. The van der Waals surface area contributed by atoms with Gasteiger partial charge in [0.25, 0.3) is 0 Å². The molecule has 2 aliphatic heterocycles. The normalized spacial score (nSPS) is 36.2. The summed E-state index contributed by atoms with van der Waals surface area (Å²) in [5, 5.41) is 0. The molecule has 0 amide bonds. The molecule has 0 aromatic carbocycles. The van der Waals surface area contributed by atoms with Crippen LogP contribution in [0.15, 0.2) is 0 Å². The Hall–Kier alpha value is -0.160. The van der Waals surface area contributed by atoms with Crippen LogP contribution in [0.3, 0.4) is 0 Å². The molecule has 0 saturated carbocycles. The molecule has 1 unspecified atom stereocenters. The summed E-state index contributed by atoms with van der Waals surface area (Å²) in [6.07, 6.45) is 2.26. The molecule has 0 aliphatic carbocycles. The van der Waals surface area contributed by atoms with Crippen LogP contribution >= 0.6 is 0 Å². The van der Waals surface area contributed by atoms with E-state index in [1.165, 1.54) is 0 Å². The molecule has 16 heavy (non-hydrogen) atoms. The second kappa shape index (κ2) is 4.61. The summed E-state index contributed by atoms with van der Waals surface area (Å²) in [5.74, 6) is 0. The fourth-order valence-electron chi connectivity index (χ4n) is 3.06. The zero-order chi connectivity index (χ0) is 11.6. The number of rotatable bonds is 2. The minimum Gasteiger partial charge on any atom is -0.379 e. The van der Waals surface area contributed by atoms with Crippen molar-refractivity contribution in [1.29, 1.82) is 0 Å². The Kier molecular flexibility index (Phi) is 3.54. The van der Waals surface area contributed by atoms with E-state index >= 15 is 0 Å². The van der Waals surface area contributed by atoms with Crippen LogP contribution in [-0.4, -0.2) is 55.5 Å². The molecule has 2 saturated heterocycles. The Morgan fingerprint density at radius 2 is 1.94 bits per heavy atom. The van der Waals surface area contributed by atoms with Crippen LogP contribution in [-0.2, 0) is 9.47 Å². The Balaban J connectivity index is 2.18. The van der Waals surface area contributed by atoms with E-state index in [1.54, 1.807) is 0 Å². The minimum absolute atomic E-state index is 0.0333. The van der Waals surface area contributed by atoms with E-state index in [9.17, 15) is 0 Å². The third-order valence-corrected chi connectivity index (χ3v) is 3.90. The van der Waals surface area contributed by atoms with Gasteiger partial charge in [-0.25, -0.2) is 0 Å². The standard InChI is InChI=1S/C12H24N2O2/c1-11(2)9-16-7-5-14(11)12(8-13)4-3-6-15-10-12/h3-10,13H2,1-2H3. The lowest BCUT2D eigenvalue weighted by Crippen LogP contribution is -2.68. The summed E-state index contributed by atoms with van der Waals surface area (Å²) in [7, 11) is 0. The zero-order valence-electron chi connectivity index (χ0n) is 10.5. The van der Waals surface area contributed by atoms with Crippen LogP contribution in [0.25, 0.3) is 0 Å². The number of nitrogens with two attached hydrogens (primary N) is 1. The van der Waals surface area contributed by atoms with Crippen LogP contribution in [0, 0.1) is 0 Å². The van der Waals surface area contributed by atoms with E-state index < -0.39 is 0 Å². The summed E-state index contributed by atoms with van der Waals surface area (Å²) in [6, 6.07) is 0. The van der Waals surface area contributed by atoms with Gasteiger partial charge in [-0.05, 0) is 26.7 Å². The molecule has 4 heteroatoms. The maximum atomic E-state index is 6.03. The first kappa shape index (κ1) is 12.3. The third kappa shape index (κ3) is 2.12. The third-order valence-electron chi connectivity index (χ3n) is 3.90. The SMILES string of the molecule is CC1(C)COCCN1C1(CN)CCCOC1. The highest BCUT2D eigenvalue weighted by Gasteiger charge is 2.45. The molecule has 2 fully saturated rings. The first-order valence-electron chi connectivity index (χ1n) is 6.24. The minimum atomic E-state index is 0.0333. The Labute approximate surface area is 98.1 Å². The van der Waals surface area contributed by atoms with Crippen molar-refractivity contribution in [2.75, 3.05) is 39.5 Å². The number of hydrogen-bond acceptors (Lipinski definition) is 4. The fraction of sp³-hybridized carbons (Fsp3) is 1.00. The molecule has 2 N–H and O–H groups in total. The van der Waals surface area contributed by atoms with Gasteiger partial charge >= 0.3 is 0 Å². The Morgan fingerprint density at radius 3 is 2.50 bits per heavy atom. The van der Waals surface area contributed by atoms with Crippen LogP contribution in [0.5, 0.6) is 0 Å². The topological polar surface area (TPSA) is 47.7 Å². The first-order chi connectivity index (χ1) is 7.61. The summed E-state index contributed by atoms with van der Waals surface area (Å²) >= 11 is 0. The van der Waals surface area contributed by atoms with E-state index in [1.807, 2.05) is 0 Å². The monoisotopic (exact) mass is 228 g/mol. The Bertz CT molecular complexity index is 237. The zero-order valence-corrected chi connectivity index (χ0v) is 10.5. The summed E-state index contributed by atoms with van der Waals surface area (Å²) < 4.78 is 11.2. The molecule has 94 valence electrons. The predicted octanol–water partition coefficient (Wildman–Crippen LogP) is 0.605. The molecule has 2 heterocycles. The van der Waals surface area contributed by atoms with Crippen LogP contribution < -0.4 is 5.73 Å². The molecule has 0 spiro atoms. The number of nitrogens with zero attached hydrogens (tertiary/aromatic N) is 1. The molecule has 2 rings (SSSR count). The quantitative estimate of drug-likeness (QED) is 0.752. The van der Waals surface area contributed by atoms with E-state index in [2.05, 4.69) is 18.7 Å². The smallest absolute Gasteiger partial charge is 0.0663 e. The lowest BCUT2D eigenvalue weighted by Gasteiger charge is -2.54. The highest BCUT2D eigenvalue weighted by atomic mass is 16.5. The predicted molar refractivity (Wildman–Crippen MR) is 63.4 cm³/mol. The van der Waals surface area contributed by atoms with Crippen molar-refractivity contribution in [2.24, 2.45) is 5.73 Å². The van der Waals surface area contributed by atoms with Crippen LogP contribution in [0.4, 0.5) is 0 Å². The van der Waals surface area contributed by atoms with Gasteiger partial charge in [-0.3, -0.25) is 4.90 Å².